The summed E-state index contributed by atoms with van der Waals surface area (Å²) in [6, 6.07) is 5.66. The third kappa shape index (κ3) is 3.73. The Labute approximate surface area is 106 Å². The number of halogens is 3. The average molecular weight is 259 g/mol. The zero-order valence-corrected chi connectivity index (χ0v) is 11.0. The Morgan fingerprint density at radius 3 is 2.44 bits per heavy atom. The highest BCUT2D eigenvalue weighted by atomic mass is 19.4. The maximum absolute atomic E-state index is 12.7. The summed E-state index contributed by atoms with van der Waals surface area (Å²) >= 11 is 0. The van der Waals surface area contributed by atoms with Crippen LogP contribution in [0.15, 0.2) is 24.3 Å². The molecular weight excluding hydrogens is 239 g/mol. The molecule has 0 saturated carbocycles. The van der Waals surface area contributed by atoms with E-state index in [-0.39, 0.29) is 5.92 Å². The predicted molar refractivity (Wildman–Crippen MR) is 67.6 cm³/mol. The number of hydrogen-bond donors (Lipinski definition) is 1. The van der Waals surface area contributed by atoms with Gasteiger partial charge in [-0.3, -0.25) is 0 Å². The third-order valence-corrected chi connectivity index (χ3v) is 3.40. The molecule has 0 saturated heterocycles. The van der Waals surface area contributed by atoms with Gasteiger partial charge >= 0.3 is 6.18 Å². The van der Waals surface area contributed by atoms with Gasteiger partial charge in [0, 0.05) is 6.54 Å². The fraction of sp³-hybridized carbons (Fsp3) is 0.571. The van der Waals surface area contributed by atoms with Crippen molar-refractivity contribution in [2.75, 3.05) is 13.6 Å². The summed E-state index contributed by atoms with van der Waals surface area (Å²) in [4.78, 5) is 0. The molecule has 1 aromatic carbocycles. The molecule has 1 nitrogen and oxygen atoms in total. The van der Waals surface area contributed by atoms with Crippen molar-refractivity contribution in [3.63, 3.8) is 0 Å². The van der Waals surface area contributed by atoms with Crippen LogP contribution < -0.4 is 5.32 Å². The number of nitrogens with one attached hydrogen (secondary N) is 1. The number of rotatable bonds is 5. The first-order valence-electron chi connectivity index (χ1n) is 6.21. The van der Waals surface area contributed by atoms with E-state index in [4.69, 9.17) is 0 Å². The van der Waals surface area contributed by atoms with E-state index in [1.54, 1.807) is 6.07 Å². The molecule has 0 aliphatic carbocycles. The molecule has 2 unspecified atom stereocenters. The Kier molecular flexibility index (Phi) is 5.20. The number of benzene rings is 1. The van der Waals surface area contributed by atoms with Crippen LogP contribution in [0, 0.1) is 5.92 Å². The number of alkyl halides is 3. The van der Waals surface area contributed by atoms with Crippen LogP contribution >= 0.6 is 0 Å². The van der Waals surface area contributed by atoms with Crippen LogP contribution in [0.5, 0.6) is 0 Å². The second-order valence-electron chi connectivity index (χ2n) is 4.67. The first kappa shape index (κ1) is 15.0. The summed E-state index contributed by atoms with van der Waals surface area (Å²) in [6.45, 7) is 4.82. The van der Waals surface area contributed by atoms with E-state index in [9.17, 15) is 13.2 Å². The molecule has 0 aromatic heterocycles. The van der Waals surface area contributed by atoms with Crippen LogP contribution in [0.4, 0.5) is 13.2 Å². The van der Waals surface area contributed by atoms with Crippen molar-refractivity contribution < 1.29 is 13.2 Å². The fourth-order valence-corrected chi connectivity index (χ4v) is 2.10. The van der Waals surface area contributed by atoms with Crippen LogP contribution in [-0.2, 0) is 6.18 Å². The highest BCUT2D eigenvalue weighted by molar-refractivity contribution is 5.29. The van der Waals surface area contributed by atoms with Crippen molar-refractivity contribution in [2.24, 2.45) is 5.92 Å². The molecule has 1 aromatic rings. The minimum absolute atomic E-state index is 0.113. The molecule has 0 aliphatic heterocycles. The summed E-state index contributed by atoms with van der Waals surface area (Å²) < 4.78 is 38.1. The van der Waals surface area contributed by atoms with E-state index in [0.717, 1.165) is 18.1 Å². The van der Waals surface area contributed by atoms with Gasteiger partial charge in [0.05, 0.1) is 5.56 Å². The zero-order valence-electron chi connectivity index (χ0n) is 11.0. The molecule has 4 heteroatoms. The topological polar surface area (TPSA) is 12.0 Å². The van der Waals surface area contributed by atoms with Gasteiger partial charge in [-0.05, 0) is 30.5 Å². The van der Waals surface area contributed by atoms with Crippen molar-refractivity contribution in [2.45, 2.75) is 32.4 Å². The van der Waals surface area contributed by atoms with E-state index in [0.29, 0.717) is 12.5 Å². The molecule has 2 atom stereocenters. The van der Waals surface area contributed by atoms with Gasteiger partial charge in [-0.15, -0.1) is 0 Å². The zero-order chi connectivity index (χ0) is 13.8. The Bertz CT molecular complexity index is 374. The average Bonchev–Trinajstić information content (AvgIpc) is 2.34. The third-order valence-electron chi connectivity index (χ3n) is 3.40. The van der Waals surface area contributed by atoms with Gasteiger partial charge in [0.2, 0.25) is 0 Å². The van der Waals surface area contributed by atoms with Crippen LogP contribution in [0.3, 0.4) is 0 Å². The van der Waals surface area contributed by atoms with Gasteiger partial charge in [-0.25, -0.2) is 0 Å². The molecular formula is C14H20F3N. The predicted octanol–water partition coefficient (Wildman–Crippen LogP) is 4.05. The molecule has 0 fully saturated rings. The Morgan fingerprint density at radius 2 is 1.94 bits per heavy atom. The molecule has 0 bridgehead atoms. The van der Waals surface area contributed by atoms with Crippen LogP contribution in [0.2, 0.25) is 0 Å². The summed E-state index contributed by atoms with van der Waals surface area (Å²) in [5, 5.41) is 3.06. The molecule has 1 N–H and O–H groups in total. The lowest BCUT2D eigenvalue weighted by atomic mass is 9.85. The minimum atomic E-state index is -4.27. The monoisotopic (exact) mass is 259 g/mol. The van der Waals surface area contributed by atoms with Crippen LogP contribution in [0.25, 0.3) is 0 Å². The first-order chi connectivity index (χ1) is 8.40. The SMILES string of the molecule is CCC(C)C(CNC)c1cccc(C(F)(F)F)c1. The molecule has 0 spiro atoms. The largest absolute Gasteiger partial charge is 0.416 e. The summed E-state index contributed by atoms with van der Waals surface area (Å²) in [6.07, 6.45) is -3.32. The highest BCUT2D eigenvalue weighted by Gasteiger charge is 2.31. The Morgan fingerprint density at radius 1 is 1.28 bits per heavy atom. The number of hydrogen-bond acceptors (Lipinski definition) is 1. The van der Waals surface area contributed by atoms with Gasteiger partial charge in [0.1, 0.15) is 0 Å². The lowest BCUT2D eigenvalue weighted by molar-refractivity contribution is -0.137. The van der Waals surface area contributed by atoms with E-state index < -0.39 is 11.7 Å². The van der Waals surface area contributed by atoms with Crippen molar-refractivity contribution in [1.29, 1.82) is 0 Å². The molecule has 102 valence electrons. The van der Waals surface area contributed by atoms with Crippen LogP contribution in [-0.4, -0.2) is 13.6 Å². The van der Waals surface area contributed by atoms with E-state index >= 15 is 0 Å². The molecule has 0 radical (unpaired) electrons. The second-order valence-corrected chi connectivity index (χ2v) is 4.67. The lowest BCUT2D eigenvalue weighted by Gasteiger charge is -2.24. The van der Waals surface area contributed by atoms with Gasteiger partial charge in [-0.1, -0.05) is 38.5 Å². The van der Waals surface area contributed by atoms with Gasteiger partial charge in [0.25, 0.3) is 0 Å². The first-order valence-corrected chi connectivity index (χ1v) is 6.21. The molecule has 0 aliphatic rings. The highest BCUT2D eigenvalue weighted by Crippen LogP contribution is 2.33. The summed E-state index contributed by atoms with van der Waals surface area (Å²) in [5.74, 6) is 0.461. The Balaban J connectivity index is 3.05. The van der Waals surface area contributed by atoms with Crippen molar-refractivity contribution in [1.82, 2.24) is 5.32 Å². The van der Waals surface area contributed by atoms with Crippen LogP contribution in [0.1, 0.15) is 37.3 Å². The quantitative estimate of drug-likeness (QED) is 0.841. The van der Waals surface area contributed by atoms with Gasteiger partial charge in [0.15, 0.2) is 0 Å². The Hall–Kier alpha value is -1.03. The molecule has 18 heavy (non-hydrogen) atoms. The van der Waals surface area contributed by atoms with Gasteiger partial charge < -0.3 is 5.32 Å². The molecule has 1 rings (SSSR count). The van der Waals surface area contributed by atoms with Gasteiger partial charge in [-0.2, -0.15) is 13.2 Å². The normalized spacial score (nSPS) is 15.4. The van der Waals surface area contributed by atoms with E-state index in [1.165, 1.54) is 12.1 Å². The van der Waals surface area contributed by atoms with Crippen molar-refractivity contribution in [3.05, 3.63) is 35.4 Å². The van der Waals surface area contributed by atoms with Crippen molar-refractivity contribution in [3.8, 4) is 0 Å². The number of likely N-dealkylation sites (N-methyl/N-ethyl adjacent to an activating group) is 1. The van der Waals surface area contributed by atoms with E-state index in [2.05, 4.69) is 19.2 Å². The smallest absolute Gasteiger partial charge is 0.319 e. The summed E-state index contributed by atoms with van der Waals surface area (Å²) in [7, 11) is 1.82. The minimum Gasteiger partial charge on any atom is -0.319 e. The maximum atomic E-state index is 12.7. The standard InChI is InChI=1S/C14H20F3N/c1-4-10(2)13(9-18-3)11-6-5-7-12(8-11)14(15,16)17/h5-8,10,13,18H,4,9H2,1-3H3. The molecule has 0 amide bonds. The van der Waals surface area contributed by atoms with E-state index in [1.807, 2.05) is 7.05 Å². The second kappa shape index (κ2) is 6.23. The van der Waals surface area contributed by atoms with Crippen molar-refractivity contribution >= 4 is 0 Å². The fourth-order valence-electron chi connectivity index (χ4n) is 2.10. The lowest BCUT2D eigenvalue weighted by Crippen LogP contribution is -2.23. The molecule has 0 heterocycles. The summed E-state index contributed by atoms with van der Waals surface area (Å²) in [5.41, 5.74) is 0.193. The maximum Gasteiger partial charge on any atom is 0.416 e.